The van der Waals surface area contributed by atoms with Gasteiger partial charge in [0.2, 0.25) is 17.6 Å². The lowest BCUT2D eigenvalue weighted by Crippen LogP contribution is -2.64. The fourth-order valence-electron chi connectivity index (χ4n) is 8.23. The molecule has 2 unspecified atom stereocenters. The van der Waals surface area contributed by atoms with Gasteiger partial charge in [0.15, 0.2) is 9.84 Å². The minimum absolute atomic E-state index is 0.00636. The second-order valence-corrected chi connectivity index (χ2v) is 20.6. The quantitative estimate of drug-likeness (QED) is 0.164. The van der Waals surface area contributed by atoms with Gasteiger partial charge in [-0.3, -0.25) is 19.2 Å². The molecule has 0 spiro atoms. The van der Waals surface area contributed by atoms with Crippen LogP contribution in [-0.2, 0) is 29.0 Å². The van der Waals surface area contributed by atoms with E-state index in [0.717, 1.165) is 37.7 Å². The summed E-state index contributed by atoms with van der Waals surface area (Å²) >= 11 is 0. The average Bonchev–Trinajstić information content (AvgIpc) is 4.00. The number of sulfone groups is 1. The molecule has 1 saturated heterocycles. The zero-order valence-electron chi connectivity index (χ0n) is 32.2. The van der Waals surface area contributed by atoms with E-state index in [1.54, 1.807) is 20.8 Å². The Hall–Kier alpha value is -3.74. The number of Topliss-reactive ketones (excluding diaryl/α,β-unsaturated/α-hetero) is 1. The summed E-state index contributed by atoms with van der Waals surface area (Å²) < 4.78 is 25.8. The number of carbonyl (C=O) groups excluding carboxylic acids is 5. The Balaban J connectivity index is 1.39. The van der Waals surface area contributed by atoms with Crippen LogP contribution >= 0.6 is 0 Å². The van der Waals surface area contributed by atoms with Crippen molar-refractivity contribution in [3.8, 4) is 0 Å². The lowest BCUT2D eigenvalue weighted by atomic mass is 9.83. The molecular weight excluding hydrogens is 695 g/mol. The molecule has 4 N–H and O–H groups in total. The van der Waals surface area contributed by atoms with E-state index in [1.807, 2.05) is 51.1 Å². The highest BCUT2D eigenvalue weighted by atomic mass is 32.2. The van der Waals surface area contributed by atoms with Crippen molar-refractivity contribution in [1.29, 1.82) is 0 Å². The molecular formula is C40H59N5O7S. The molecule has 12 nitrogen and oxygen atoms in total. The average molecular weight is 754 g/mol. The molecule has 5 rings (SSSR count). The van der Waals surface area contributed by atoms with Gasteiger partial charge in [0.05, 0.1) is 22.1 Å². The summed E-state index contributed by atoms with van der Waals surface area (Å²) in [5, 5.41) is 11.3. The summed E-state index contributed by atoms with van der Waals surface area (Å²) in [6.07, 6.45) is 7.14. The highest BCUT2D eigenvalue weighted by Gasteiger charge is 2.65. The molecule has 4 aliphatic rings. The maximum atomic E-state index is 14.7. The number of piperidine rings is 1. The molecule has 13 heteroatoms. The van der Waals surface area contributed by atoms with Crippen LogP contribution in [0.15, 0.2) is 43.0 Å². The molecule has 1 aromatic rings. The number of rotatable bonds is 14. The summed E-state index contributed by atoms with van der Waals surface area (Å²) in [6.45, 7) is 14.5. The normalized spacial score (nSPS) is 24.9. The number of nitrogens with zero attached hydrogens (tertiary/aromatic N) is 1. The predicted molar refractivity (Wildman–Crippen MR) is 203 cm³/mol. The van der Waals surface area contributed by atoms with Crippen LogP contribution in [0.4, 0.5) is 4.79 Å². The van der Waals surface area contributed by atoms with Crippen molar-refractivity contribution in [1.82, 2.24) is 26.2 Å². The molecule has 0 bridgehead atoms. The Kier molecular flexibility index (Phi) is 11.9. The van der Waals surface area contributed by atoms with Crippen LogP contribution in [0.5, 0.6) is 0 Å². The maximum absolute atomic E-state index is 14.7. The number of likely N-dealkylation sites (tertiary alicyclic amines) is 1. The van der Waals surface area contributed by atoms with E-state index in [1.165, 1.54) is 11.0 Å². The third kappa shape index (κ3) is 9.32. The molecule has 292 valence electrons. The molecule has 0 aromatic heterocycles. The summed E-state index contributed by atoms with van der Waals surface area (Å²) in [5.74, 6) is -2.61. The van der Waals surface area contributed by atoms with Crippen LogP contribution in [0, 0.1) is 23.2 Å². The lowest BCUT2D eigenvalue weighted by Gasteiger charge is -2.41. The van der Waals surface area contributed by atoms with Gasteiger partial charge in [-0.05, 0) is 68.8 Å². The Bertz CT molecular complexity index is 1670. The molecule has 1 aromatic carbocycles. The zero-order valence-corrected chi connectivity index (χ0v) is 33.0. The number of urea groups is 1. The standard InChI is InChI=1S/C40H59N5O7S/c1-8-21-41-35(48)32(46)28(22-25-17-18-25)42-34(47)31-30-27(29(30)26-15-11-9-12-16-26)23-45(31)36(49)33(38(2,3)4)43-37(50)44-40(19-13-10-14-20-40)24-53(51,52)39(5,6)7/h8-9,11-12,15-16,25,27-31,33H,1,10,13-14,17-24H2,2-7H3,(H,41,48)(H,42,47)(H2,43,44,50)/t27-,28?,29?,30-,31+,33-/m1/s1. The molecule has 0 radical (unpaired) electrons. The molecule has 6 atom stereocenters. The first kappa shape index (κ1) is 40.4. The first-order chi connectivity index (χ1) is 24.8. The smallest absolute Gasteiger partial charge is 0.315 e. The number of fused-ring (bicyclic) bond motifs is 1. The minimum atomic E-state index is -3.58. The van der Waals surface area contributed by atoms with Crippen molar-refractivity contribution in [2.45, 2.75) is 127 Å². The van der Waals surface area contributed by atoms with E-state index in [0.29, 0.717) is 19.3 Å². The highest BCUT2D eigenvalue weighted by Crippen LogP contribution is 2.61. The number of hydrogen-bond donors (Lipinski definition) is 4. The van der Waals surface area contributed by atoms with Crippen LogP contribution in [0.25, 0.3) is 0 Å². The van der Waals surface area contributed by atoms with Gasteiger partial charge in [0.25, 0.3) is 5.91 Å². The second kappa shape index (κ2) is 15.5. The number of ketones is 1. The predicted octanol–water partition coefficient (Wildman–Crippen LogP) is 4.01. The summed E-state index contributed by atoms with van der Waals surface area (Å²) in [6, 6.07) is 6.18. The van der Waals surface area contributed by atoms with Crippen LogP contribution in [0.3, 0.4) is 0 Å². The van der Waals surface area contributed by atoms with Gasteiger partial charge >= 0.3 is 6.03 Å². The fraction of sp³-hybridized carbons (Fsp3) is 0.675. The van der Waals surface area contributed by atoms with Crippen molar-refractivity contribution < 1.29 is 32.4 Å². The fourth-order valence-corrected chi connectivity index (χ4v) is 9.75. The SMILES string of the molecule is C=CCNC(=O)C(=O)C(CC1CC1)NC(=O)[C@@H]1[C@H]2C(c3ccccc3)[C@H]2CN1C(=O)[C@@H](NC(=O)NC1(CS(=O)(=O)C(C)(C)C)CCCCC1)C(C)(C)C. The number of nitrogens with one attached hydrogen (secondary N) is 4. The highest BCUT2D eigenvalue weighted by molar-refractivity contribution is 7.92. The van der Waals surface area contributed by atoms with Gasteiger partial charge in [-0.2, -0.15) is 0 Å². The third-order valence-corrected chi connectivity index (χ3v) is 14.4. The van der Waals surface area contributed by atoms with Gasteiger partial charge < -0.3 is 26.2 Å². The Morgan fingerprint density at radius 2 is 1.60 bits per heavy atom. The van der Waals surface area contributed by atoms with E-state index < -0.39 is 73.2 Å². The van der Waals surface area contributed by atoms with Gasteiger partial charge in [0, 0.05) is 19.0 Å². The first-order valence-corrected chi connectivity index (χ1v) is 20.8. The monoisotopic (exact) mass is 753 g/mol. The number of carbonyl (C=O) groups is 5. The van der Waals surface area contributed by atoms with E-state index in [9.17, 15) is 32.4 Å². The summed E-state index contributed by atoms with van der Waals surface area (Å²) in [7, 11) is -3.58. The van der Waals surface area contributed by atoms with E-state index in [4.69, 9.17) is 0 Å². The van der Waals surface area contributed by atoms with Crippen molar-refractivity contribution >= 4 is 39.4 Å². The third-order valence-electron chi connectivity index (χ3n) is 11.6. The minimum Gasteiger partial charge on any atom is -0.346 e. The van der Waals surface area contributed by atoms with Crippen LogP contribution in [-0.4, -0.2) is 90.1 Å². The molecule has 4 fully saturated rings. The maximum Gasteiger partial charge on any atom is 0.315 e. The van der Waals surface area contributed by atoms with Crippen molar-refractivity contribution in [3.05, 3.63) is 48.6 Å². The topological polar surface area (TPSA) is 171 Å². The summed E-state index contributed by atoms with van der Waals surface area (Å²) in [4.78, 5) is 70.5. The second-order valence-electron chi connectivity index (χ2n) is 17.8. The Labute approximate surface area is 315 Å². The van der Waals surface area contributed by atoms with E-state index in [2.05, 4.69) is 27.8 Å². The summed E-state index contributed by atoms with van der Waals surface area (Å²) in [5.41, 5.74) is -0.692. The van der Waals surface area contributed by atoms with Crippen molar-refractivity contribution in [2.75, 3.05) is 18.8 Å². The van der Waals surface area contributed by atoms with Gasteiger partial charge in [-0.15, -0.1) is 6.58 Å². The zero-order chi connectivity index (χ0) is 38.9. The van der Waals surface area contributed by atoms with Gasteiger partial charge in [0.1, 0.15) is 12.1 Å². The molecule has 53 heavy (non-hydrogen) atoms. The number of amides is 5. The van der Waals surface area contributed by atoms with E-state index in [-0.39, 0.29) is 42.5 Å². The van der Waals surface area contributed by atoms with Crippen LogP contribution in [0.1, 0.15) is 104 Å². The van der Waals surface area contributed by atoms with Crippen LogP contribution < -0.4 is 21.3 Å². The number of hydrogen-bond acceptors (Lipinski definition) is 7. The van der Waals surface area contributed by atoms with Gasteiger partial charge in [-0.1, -0.05) is 89.3 Å². The van der Waals surface area contributed by atoms with Gasteiger partial charge in [-0.25, -0.2) is 13.2 Å². The first-order valence-electron chi connectivity index (χ1n) is 19.2. The Morgan fingerprint density at radius 3 is 2.17 bits per heavy atom. The van der Waals surface area contributed by atoms with Crippen molar-refractivity contribution in [3.63, 3.8) is 0 Å². The Morgan fingerprint density at radius 1 is 0.962 bits per heavy atom. The molecule has 3 saturated carbocycles. The van der Waals surface area contributed by atoms with E-state index >= 15 is 0 Å². The molecule has 1 heterocycles. The largest absolute Gasteiger partial charge is 0.346 e. The number of benzene rings is 1. The van der Waals surface area contributed by atoms with Crippen LogP contribution in [0.2, 0.25) is 0 Å². The molecule has 5 amide bonds. The molecule has 3 aliphatic carbocycles. The van der Waals surface area contributed by atoms with Crippen molar-refractivity contribution in [2.24, 2.45) is 23.2 Å². The lowest BCUT2D eigenvalue weighted by molar-refractivity contribution is -0.144. The molecule has 1 aliphatic heterocycles.